The third kappa shape index (κ3) is 2.60. The zero-order chi connectivity index (χ0) is 10.8. The van der Waals surface area contributed by atoms with Crippen molar-refractivity contribution in [2.24, 2.45) is 0 Å². The molecule has 0 saturated carbocycles. The highest BCUT2D eigenvalue weighted by atomic mass is 16.6. The van der Waals surface area contributed by atoms with Crippen LogP contribution in [0, 0.1) is 0 Å². The van der Waals surface area contributed by atoms with Crippen molar-refractivity contribution in [1.82, 2.24) is 15.5 Å². The normalized spacial score (nSPS) is 37.5. The molecule has 2 aliphatic heterocycles. The van der Waals surface area contributed by atoms with Gasteiger partial charge in [-0.1, -0.05) is 0 Å². The molecule has 0 bridgehead atoms. The van der Waals surface area contributed by atoms with Gasteiger partial charge in [0, 0.05) is 31.7 Å². The lowest BCUT2D eigenvalue weighted by Crippen LogP contribution is -2.56. The van der Waals surface area contributed by atoms with E-state index in [4.69, 9.17) is 4.74 Å². The number of ether oxygens (including phenoxy) is 1. The molecule has 1 amide bonds. The predicted molar refractivity (Wildman–Crippen MR) is 56.8 cm³/mol. The van der Waals surface area contributed by atoms with E-state index in [0.717, 1.165) is 19.6 Å². The molecule has 15 heavy (non-hydrogen) atoms. The van der Waals surface area contributed by atoms with Crippen LogP contribution in [0.3, 0.4) is 0 Å². The summed E-state index contributed by atoms with van der Waals surface area (Å²) in [4.78, 5) is 13.3. The minimum Gasteiger partial charge on any atom is -0.443 e. The van der Waals surface area contributed by atoms with E-state index in [1.54, 1.807) is 0 Å². The molecule has 2 N–H and O–H groups in total. The molecule has 2 aliphatic rings. The molecular formula is C10H19N3O2. The van der Waals surface area contributed by atoms with Crippen molar-refractivity contribution in [1.29, 1.82) is 0 Å². The van der Waals surface area contributed by atoms with Gasteiger partial charge in [-0.3, -0.25) is 4.90 Å². The molecule has 2 rings (SSSR count). The first-order valence-electron chi connectivity index (χ1n) is 5.57. The third-order valence-electron chi connectivity index (χ3n) is 3.08. The van der Waals surface area contributed by atoms with E-state index in [-0.39, 0.29) is 12.2 Å². The van der Waals surface area contributed by atoms with E-state index >= 15 is 0 Å². The Balaban J connectivity index is 1.84. The summed E-state index contributed by atoms with van der Waals surface area (Å²) in [6.45, 7) is 7.89. The highest BCUT2D eigenvalue weighted by Crippen LogP contribution is 2.10. The quantitative estimate of drug-likeness (QED) is 0.666. The SMILES string of the molecule is CC1CN(CC2CNC(=O)O2)C(C)CN1. The summed E-state index contributed by atoms with van der Waals surface area (Å²) in [5.74, 6) is 0. The van der Waals surface area contributed by atoms with Crippen molar-refractivity contribution in [3.63, 3.8) is 0 Å². The Hall–Kier alpha value is -0.810. The number of piperazine rings is 1. The number of nitrogens with one attached hydrogen (secondary N) is 2. The van der Waals surface area contributed by atoms with Gasteiger partial charge in [0.05, 0.1) is 6.54 Å². The van der Waals surface area contributed by atoms with E-state index in [9.17, 15) is 4.79 Å². The summed E-state index contributed by atoms with van der Waals surface area (Å²) in [6, 6.07) is 1.03. The van der Waals surface area contributed by atoms with Gasteiger partial charge < -0.3 is 15.4 Å². The maximum absolute atomic E-state index is 10.9. The third-order valence-corrected chi connectivity index (χ3v) is 3.08. The standard InChI is InChI=1S/C10H19N3O2/c1-7-5-13(8(2)3-11-7)6-9-4-12-10(14)15-9/h7-9,11H,3-6H2,1-2H3,(H,12,14). The molecule has 0 radical (unpaired) electrons. The van der Waals surface area contributed by atoms with E-state index in [1.807, 2.05) is 0 Å². The molecule has 0 aromatic heterocycles. The van der Waals surface area contributed by atoms with Crippen molar-refractivity contribution >= 4 is 6.09 Å². The minimum atomic E-state index is -0.282. The Morgan fingerprint density at radius 1 is 1.47 bits per heavy atom. The molecule has 3 atom stereocenters. The molecule has 2 saturated heterocycles. The number of hydrogen-bond acceptors (Lipinski definition) is 4. The highest BCUT2D eigenvalue weighted by Gasteiger charge is 2.29. The molecular weight excluding hydrogens is 194 g/mol. The number of cyclic esters (lactones) is 1. The maximum Gasteiger partial charge on any atom is 0.407 e. The van der Waals surface area contributed by atoms with Crippen LogP contribution in [0.15, 0.2) is 0 Å². The lowest BCUT2D eigenvalue weighted by Gasteiger charge is -2.38. The number of hydrogen-bond donors (Lipinski definition) is 2. The largest absolute Gasteiger partial charge is 0.443 e. The first-order chi connectivity index (χ1) is 7.15. The molecule has 0 aromatic rings. The van der Waals surface area contributed by atoms with Crippen molar-refractivity contribution in [2.45, 2.75) is 32.0 Å². The Labute approximate surface area is 90.1 Å². The molecule has 3 unspecified atom stereocenters. The Bertz CT molecular complexity index is 247. The van der Waals surface area contributed by atoms with Gasteiger partial charge in [0.25, 0.3) is 0 Å². The summed E-state index contributed by atoms with van der Waals surface area (Å²) in [6.07, 6.45) is -0.263. The zero-order valence-corrected chi connectivity index (χ0v) is 9.32. The van der Waals surface area contributed by atoms with Crippen LogP contribution >= 0.6 is 0 Å². The van der Waals surface area contributed by atoms with Gasteiger partial charge in [-0.25, -0.2) is 4.79 Å². The van der Waals surface area contributed by atoms with Crippen molar-refractivity contribution in [3.8, 4) is 0 Å². The van der Waals surface area contributed by atoms with E-state index < -0.39 is 0 Å². The fourth-order valence-electron chi connectivity index (χ4n) is 2.15. The number of carbonyl (C=O) groups excluding carboxylic acids is 1. The fourth-order valence-corrected chi connectivity index (χ4v) is 2.15. The molecule has 0 spiro atoms. The van der Waals surface area contributed by atoms with Crippen LogP contribution in [0.2, 0.25) is 0 Å². The smallest absolute Gasteiger partial charge is 0.407 e. The molecule has 2 heterocycles. The fraction of sp³-hybridized carbons (Fsp3) is 0.900. The van der Waals surface area contributed by atoms with Crippen LogP contribution in [0.5, 0.6) is 0 Å². The monoisotopic (exact) mass is 213 g/mol. The Morgan fingerprint density at radius 2 is 2.27 bits per heavy atom. The van der Waals surface area contributed by atoms with Crippen LogP contribution in [-0.4, -0.2) is 55.4 Å². The van der Waals surface area contributed by atoms with Gasteiger partial charge in [0.15, 0.2) is 0 Å². The first-order valence-corrected chi connectivity index (χ1v) is 5.57. The second kappa shape index (κ2) is 4.37. The van der Waals surface area contributed by atoms with E-state index in [0.29, 0.717) is 18.6 Å². The number of carbonyl (C=O) groups is 1. The molecule has 2 fully saturated rings. The van der Waals surface area contributed by atoms with Crippen molar-refractivity contribution in [2.75, 3.05) is 26.2 Å². The van der Waals surface area contributed by atoms with Crippen LogP contribution in [0.4, 0.5) is 4.79 Å². The maximum atomic E-state index is 10.9. The number of alkyl carbamates (subject to hydrolysis) is 1. The summed E-state index contributed by atoms with van der Waals surface area (Å²) < 4.78 is 5.14. The lowest BCUT2D eigenvalue weighted by atomic mass is 10.1. The van der Waals surface area contributed by atoms with Gasteiger partial charge in [0.2, 0.25) is 0 Å². The second-order valence-electron chi connectivity index (χ2n) is 4.52. The molecule has 5 nitrogen and oxygen atoms in total. The van der Waals surface area contributed by atoms with Crippen molar-refractivity contribution < 1.29 is 9.53 Å². The molecule has 0 aliphatic carbocycles. The zero-order valence-electron chi connectivity index (χ0n) is 9.32. The second-order valence-corrected chi connectivity index (χ2v) is 4.52. The number of rotatable bonds is 2. The predicted octanol–water partition coefficient (Wildman–Crippen LogP) is -0.223. The molecule has 86 valence electrons. The minimum absolute atomic E-state index is 0.0187. The average Bonchev–Trinajstić information content (AvgIpc) is 2.58. The van der Waals surface area contributed by atoms with Crippen LogP contribution in [0.25, 0.3) is 0 Å². The average molecular weight is 213 g/mol. The Morgan fingerprint density at radius 3 is 2.93 bits per heavy atom. The Kier molecular flexibility index (Phi) is 3.11. The van der Waals surface area contributed by atoms with E-state index in [2.05, 4.69) is 29.4 Å². The highest BCUT2D eigenvalue weighted by molar-refractivity contribution is 5.69. The number of amides is 1. The van der Waals surface area contributed by atoms with Crippen LogP contribution in [0.1, 0.15) is 13.8 Å². The summed E-state index contributed by atoms with van der Waals surface area (Å²) in [7, 11) is 0. The van der Waals surface area contributed by atoms with Gasteiger partial charge in [0.1, 0.15) is 6.10 Å². The van der Waals surface area contributed by atoms with Crippen LogP contribution in [-0.2, 0) is 4.74 Å². The van der Waals surface area contributed by atoms with Gasteiger partial charge >= 0.3 is 6.09 Å². The molecule has 5 heteroatoms. The van der Waals surface area contributed by atoms with Crippen LogP contribution < -0.4 is 10.6 Å². The first kappa shape index (κ1) is 10.7. The van der Waals surface area contributed by atoms with Gasteiger partial charge in [-0.2, -0.15) is 0 Å². The molecule has 0 aromatic carbocycles. The number of nitrogens with zero attached hydrogens (tertiary/aromatic N) is 1. The summed E-state index contributed by atoms with van der Waals surface area (Å²) >= 11 is 0. The topological polar surface area (TPSA) is 53.6 Å². The van der Waals surface area contributed by atoms with Gasteiger partial charge in [-0.15, -0.1) is 0 Å². The van der Waals surface area contributed by atoms with E-state index in [1.165, 1.54) is 0 Å². The summed E-state index contributed by atoms with van der Waals surface area (Å²) in [5.41, 5.74) is 0. The van der Waals surface area contributed by atoms with Crippen molar-refractivity contribution in [3.05, 3.63) is 0 Å². The lowest BCUT2D eigenvalue weighted by molar-refractivity contribution is 0.0735. The van der Waals surface area contributed by atoms with Gasteiger partial charge in [-0.05, 0) is 13.8 Å². The summed E-state index contributed by atoms with van der Waals surface area (Å²) in [5, 5.41) is 6.11.